The Kier molecular flexibility index (Phi) is 4.08. The number of carboxylic acids is 1. The van der Waals surface area contributed by atoms with Gasteiger partial charge in [0.2, 0.25) is 5.89 Å². The molecule has 6 nitrogen and oxygen atoms in total. The third-order valence-corrected chi connectivity index (χ3v) is 4.86. The molecule has 3 heterocycles. The van der Waals surface area contributed by atoms with E-state index in [1.165, 1.54) is 0 Å². The number of ether oxygens (including phenoxy) is 1. The minimum atomic E-state index is -1.05. The molecule has 2 saturated heterocycles. The third kappa shape index (κ3) is 2.95. The predicted molar refractivity (Wildman–Crippen MR) is 86.6 cm³/mol. The summed E-state index contributed by atoms with van der Waals surface area (Å²) in [6.07, 6.45) is 2.44. The second-order valence-electron chi connectivity index (χ2n) is 6.44. The Morgan fingerprint density at radius 2 is 2.12 bits per heavy atom. The number of aromatic nitrogens is 1. The quantitative estimate of drug-likeness (QED) is 0.930. The fourth-order valence-electron chi connectivity index (χ4n) is 3.63. The van der Waals surface area contributed by atoms with Crippen molar-refractivity contribution < 1.29 is 19.1 Å². The minimum absolute atomic E-state index is 0.0126. The molecule has 1 N–H and O–H groups in total. The van der Waals surface area contributed by atoms with Crippen LogP contribution in [0, 0.1) is 5.92 Å². The van der Waals surface area contributed by atoms with Crippen LogP contribution in [0.5, 0.6) is 0 Å². The van der Waals surface area contributed by atoms with E-state index in [1.54, 1.807) is 0 Å². The molecule has 0 bridgehead atoms. The molecule has 0 aliphatic carbocycles. The number of piperidine rings is 1. The van der Waals surface area contributed by atoms with E-state index in [0.29, 0.717) is 30.2 Å². The minimum Gasteiger partial charge on any atom is -0.476 e. The summed E-state index contributed by atoms with van der Waals surface area (Å²) in [5.74, 6) is 0.291. The highest BCUT2D eigenvalue weighted by atomic mass is 16.5. The number of benzene rings is 1. The average Bonchev–Trinajstić information content (AvgIpc) is 3.22. The Bertz CT molecular complexity index is 728. The van der Waals surface area contributed by atoms with Gasteiger partial charge in [-0.2, -0.15) is 0 Å². The van der Waals surface area contributed by atoms with Crippen LogP contribution in [0.25, 0.3) is 11.5 Å². The number of rotatable bonds is 4. The SMILES string of the molecule is O=C(O)c1nc(-c2ccccc2)oc1CN1CC[C@@H]2OCC[C@@H]2C1. The monoisotopic (exact) mass is 328 g/mol. The summed E-state index contributed by atoms with van der Waals surface area (Å²) in [4.78, 5) is 18.0. The molecule has 6 heteroatoms. The van der Waals surface area contributed by atoms with Gasteiger partial charge < -0.3 is 14.3 Å². The number of aromatic carboxylic acids is 1. The highest BCUT2D eigenvalue weighted by molar-refractivity contribution is 5.87. The molecule has 1 aromatic heterocycles. The van der Waals surface area contributed by atoms with E-state index in [0.717, 1.165) is 38.1 Å². The van der Waals surface area contributed by atoms with Gasteiger partial charge in [0.05, 0.1) is 12.6 Å². The van der Waals surface area contributed by atoms with Crippen molar-refractivity contribution in [2.75, 3.05) is 19.7 Å². The van der Waals surface area contributed by atoms with E-state index in [-0.39, 0.29) is 5.69 Å². The van der Waals surface area contributed by atoms with Crippen molar-refractivity contribution in [2.24, 2.45) is 5.92 Å². The third-order valence-electron chi connectivity index (χ3n) is 4.86. The Morgan fingerprint density at radius 3 is 2.92 bits per heavy atom. The van der Waals surface area contributed by atoms with Gasteiger partial charge in [0, 0.05) is 31.2 Å². The van der Waals surface area contributed by atoms with Gasteiger partial charge in [0.15, 0.2) is 11.5 Å². The first kappa shape index (κ1) is 15.4. The number of oxazole rings is 1. The Morgan fingerprint density at radius 1 is 1.29 bits per heavy atom. The summed E-state index contributed by atoms with van der Waals surface area (Å²) in [5, 5.41) is 9.44. The van der Waals surface area contributed by atoms with Crippen molar-refractivity contribution in [2.45, 2.75) is 25.5 Å². The number of likely N-dealkylation sites (tertiary alicyclic amines) is 1. The molecule has 4 rings (SSSR count). The first-order valence-electron chi connectivity index (χ1n) is 8.33. The number of fused-ring (bicyclic) bond motifs is 1. The van der Waals surface area contributed by atoms with Crippen LogP contribution in [0.3, 0.4) is 0 Å². The lowest BCUT2D eigenvalue weighted by atomic mass is 9.94. The van der Waals surface area contributed by atoms with E-state index in [1.807, 2.05) is 30.3 Å². The predicted octanol–water partition coefficient (Wildman–Crippen LogP) is 2.65. The van der Waals surface area contributed by atoms with E-state index >= 15 is 0 Å². The normalized spacial score (nSPS) is 24.0. The molecule has 2 aliphatic heterocycles. The van der Waals surface area contributed by atoms with Gasteiger partial charge in [-0.1, -0.05) is 18.2 Å². The zero-order valence-corrected chi connectivity index (χ0v) is 13.4. The summed E-state index contributed by atoms with van der Waals surface area (Å²) in [7, 11) is 0. The largest absolute Gasteiger partial charge is 0.476 e. The number of carboxylic acid groups (broad SMARTS) is 1. The van der Waals surface area contributed by atoms with E-state index in [2.05, 4.69) is 9.88 Å². The van der Waals surface area contributed by atoms with Crippen LogP contribution in [0.15, 0.2) is 34.7 Å². The van der Waals surface area contributed by atoms with Crippen molar-refractivity contribution in [1.82, 2.24) is 9.88 Å². The second kappa shape index (κ2) is 6.37. The fraction of sp³-hybridized carbons (Fsp3) is 0.444. The van der Waals surface area contributed by atoms with E-state index < -0.39 is 5.97 Å². The van der Waals surface area contributed by atoms with Gasteiger partial charge in [0.1, 0.15) is 0 Å². The lowest BCUT2D eigenvalue weighted by molar-refractivity contribution is 0.0306. The zero-order chi connectivity index (χ0) is 16.5. The highest BCUT2D eigenvalue weighted by Crippen LogP contribution is 2.30. The molecule has 2 aliphatic rings. The topological polar surface area (TPSA) is 75.8 Å². The lowest BCUT2D eigenvalue weighted by Crippen LogP contribution is -2.40. The maximum absolute atomic E-state index is 11.5. The lowest BCUT2D eigenvalue weighted by Gasteiger charge is -2.33. The molecular weight excluding hydrogens is 308 g/mol. The first-order chi connectivity index (χ1) is 11.7. The fourth-order valence-corrected chi connectivity index (χ4v) is 3.63. The van der Waals surface area contributed by atoms with Crippen LogP contribution in [0.1, 0.15) is 29.1 Å². The summed E-state index contributed by atoms with van der Waals surface area (Å²) >= 11 is 0. The molecule has 2 atom stereocenters. The van der Waals surface area contributed by atoms with Crippen LogP contribution < -0.4 is 0 Å². The molecule has 0 unspecified atom stereocenters. The summed E-state index contributed by atoms with van der Waals surface area (Å²) in [6, 6.07) is 9.39. The number of carbonyl (C=O) groups is 1. The van der Waals surface area contributed by atoms with Gasteiger partial charge >= 0.3 is 5.97 Å². The Hall–Kier alpha value is -2.18. The van der Waals surface area contributed by atoms with Crippen LogP contribution in [-0.4, -0.2) is 46.8 Å². The second-order valence-corrected chi connectivity index (χ2v) is 6.44. The molecule has 2 fully saturated rings. The molecule has 1 aromatic carbocycles. The van der Waals surface area contributed by atoms with Crippen LogP contribution in [0.4, 0.5) is 0 Å². The van der Waals surface area contributed by atoms with E-state index in [4.69, 9.17) is 9.15 Å². The summed E-state index contributed by atoms with van der Waals surface area (Å²) < 4.78 is 11.5. The maximum Gasteiger partial charge on any atom is 0.358 e. The van der Waals surface area contributed by atoms with Crippen molar-refractivity contribution in [3.8, 4) is 11.5 Å². The Labute approximate surface area is 140 Å². The van der Waals surface area contributed by atoms with Crippen molar-refractivity contribution in [3.05, 3.63) is 41.8 Å². The van der Waals surface area contributed by atoms with Crippen LogP contribution in [0.2, 0.25) is 0 Å². The van der Waals surface area contributed by atoms with Crippen LogP contribution in [-0.2, 0) is 11.3 Å². The molecule has 24 heavy (non-hydrogen) atoms. The molecule has 2 aromatic rings. The average molecular weight is 328 g/mol. The molecule has 0 spiro atoms. The highest BCUT2D eigenvalue weighted by Gasteiger charge is 2.34. The summed E-state index contributed by atoms with van der Waals surface area (Å²) in [6.45, 7) is 3.13. The molecule has 0 saturated carbocycles. The number of nitrogens with zero attached hydrogens (tertiary/aromatic N) is 2. The smallest absolute Gasteiger partial charge is 0.358 e. The molecule has 0 radical (unpaired) electrons. The molecular formula is C18H20N2O4. The molecule has 0 amide bonds. The van der Waals surface area contributed by atoms with E-state index in [9.17, 15) is 9.90 Å². The van der Waals surface area contributed by atoms with Crippen LogP contribution >= 0.6 is 0 Å². The first-order valence-corrected chi connectivity index (χ1v) is 8.33. The Balaban J connectivity index is 1.56. The molecule has 126 valence electrons. The van der Waals surface area contributed by atoms with Crippen molar-refractivity contribution in [1.29, 1.82) is 0 Å². The van der Waals surface area contributed by atoms with Gasteiger partial charge in [0.25, 0.3) is 0 Å². The van der Waals surface area contributed by atoms with Gasteiger partial charge in [-0.05, 0) is 25.0 Å². The van der Waals surface area contributed by atoms with Crippen molar-refractivity contribution >= 4 is 5.97 Å². The van der Waals surface area contributed by atoms with Gasteiger partial charge in [-0.3, -0.25) is 4.90 Å². The van der Waals surface area contributed by atoms with Crippen molar-refractivity contribution in [3.63, 3.8) is 0 Å². The number of hydrogen-bond donors (Lipinski definition) is 1. The van der Waals surface area contributed by atoms with Gasteiger partial charge in [-0.15, -0.1) is 0 Å². The zero-order valence-electron chi connectivity index (χ0n) is 13.4. The summed E-state index contributed by atoms with van der Waals surface area (Å²) in [5.41, 5.74) is 0.799. The number of hydrogen-bond acceptors (Lipinski definition) is 5. The van der Waals surface area contributed by atoms with Gasteiger partial charge in [-0.25, -0.2) is 9.78 Å². The maximum atomic E-state index is 11.5. The standard InChI is InChI=1S/C18H20N2O4/c21-18(22)16-15(24-17(19-16)12-4-2-1-3-5-12)11-20-8-6-14-13(10-20)7-9-23-14/h1-5,13-14H,6-11H2,(H,21,22)/t13-,14+/m1/s1.